The fraction of sp³-hybridized carbons (Fsp3) is 0.391. The predicted molar refractivity (Wildman–Crippen MR) is 124 cm³/mol. The standard InChI is InChI=1S/C23H29N5O4/c1-16-6-5-7-17(2)21(16)24-19(29)15-27-10-12-28(13-11-27)20(30)9-8-18-14-25(3)23(32)26(4)22(18)31/h5-9,14H,10-13,15H2,1-4H3,(H,24,29)/b9-8+. The Hall–Kier alpha value is -3.46. The first-order chi connectivity index (χ1) is 15.2. The number of carbonyl (C=O) groups excluding carboxylic acids is 2. The van der Waals surface area contributed by atoms with Crippen LogP contribution in [0.25, 0.3) is 6.08 Å². The maximum atomic E-state index is 12.5. The third kappa shape index (κ3) is 5.23. The van der Waals surface area contributed by atoms with Gasteiger partial charge >= 0.3 is 5.69 Å². The molecule has 3 rings (SSSR count). The van der Waals surface area contributed by atoms with Crippen molar-refractivity contribution in [3.63, 3.8) is 0 Å². The molecule has 32 heavy (non-hydrogen) atoms. The zero-order valence-electron chi connectivity index (χ0n) is 18.9. The molecule has 1 aliphatic rings. The van der Waals surface area contributed by atoms with Crippen molar-refractivity contribution in [3.05, 3.63) is 68.0 Å². The highest BCUT2D eigenvalue weighted by Crippen LogP contribution is 2.19. The maximum absolute atomic E-state index is 12.5. The van der Waals surface area contributed by atoms with E-state index >= 15 is 0 Å². The van der Waals surface area contributed by atoms with Crippen LogP contribution in [0.3, 0.4) is 0 Å². The van der Waals surface area contributed by atoms with Gasteiger partial charge in [0.1, 0.15) is 0 Å². The summed E-state index contributed by atoms with van der Waals surface area (Å²) in [6.45, 7) is 6.34. The van der Waals surface area contributed by atoms with Gasteiger partial charge in [-0.2, -0.15) is 0 Å². The van der Waals surface area contributed by atoms with Crippen molar-refractivity contribution in [2.24, 2.45) is 14.1 Å². The van der Waals surface area contributed by atoms with Gasteiger partial charge in [0.25, 0.3) is 5.56 Å². The number of aryl methyl sites for hydroxylation is 3. The fourth-order valence-corrected chi connectivity index (χ4v) is 3.74. The molecule has 0 atom stereocenters. The van der Waals surface area contributed by atoms with E-state index in [0.29, 0.717) is 26.2 Å². The third-order valence-corrected chi connectivity index (χ3v) is 5.68. The second-order valence-corrected chi connectivity index (χ2v) is 8.09. The Kier molecular flexibility index (Phi) is 7.09. The minimum Gasteiger partial charge on any atom is -0.337 e. The second kappa shape index (κ2) is 9.78. The fourth-order valence-electron chi connectivity index (χ4n) is 3.74. The van der Waals surface area contributed by atoms with Crippen molar-refractivity contribution in [1.82, 2.24) is 18.9 Å². The summed E-state index contributed by atoms with van der Waals surface area (Å²) < 4.78 is 2.31. The van der Waals surface area contributed by atoms with Gasteiger partial charge < -0.3 is 14.8 Å². The first-order valence-electron chi connectivity index (χ1n) is 10.5. The number of benzene rings is 1. The highest BCUT2D eigenvalue weighted by molar-refractivity contribution is 5.94. The summed E-state index contributed by atoms with van der Waals surface area (Å²) in [4.78, 5) is 52.6. The Morgan fingerprint density at radius 2 is 1.66 bits per heavy atom. The number of anilines is 1. The van der Waals surface area contributed by atoms with E-state index in [2.05, 4.69) is 5.32 Å². The maximum Gasteiger partial charge on any atom is 0.330 e. The third-order valence-electron chi connectivity index (χ3n) is 5.68. The van der Waals surface area contributed by atoms with E-state index in [1.807, 2.05) is 36.9 Å². The highest BCUT2D eigenvalue weighted by Gasteiger charge is 2.21. The van der Waals surface area contributed by atoms with E-state index in [9.17, 15) is 19.2 Å². The van der Waals surface area contributed by atoms with Gasteiger partial charge in [-0.1, -0.05) is 18.2 Å². The van der Waals surface area contributed by atoms with Crippen LogP contribution in [0.2, 0.25) is 0 Å². The summed E-state index contributed by atoms with van der Waals surface area (Å²) in [5.74, 6) is -0.284. The smallest absolute Gasteiger partial charge is 0.330 e. The SMILES string of the molecule is Cc1cccc(C)c1NC(=O)CN1CCN(C(=O)/C=C/c2cn(C)c(=O)n(C)c2=O)CC1. The Morgan fingerprint density at radius 3 is 2.28 bits per heavy atom. The molecule has 2 heterocycles. The van der Waals surface area contributed by atoms with Gasteiger partial charge in [-0.3, -0.25) is 23.9 Å². The first-order valence-corrected chi connectivity index (χ1v) is 10.5. The van der Waals surface area contributed by atoms with Crippen molar-refractivity contribution in [2.45, 2.75) is 13.8 Å². The first kappa shape index (κ1) is 23.2. The van der Waals surface area contributed by atoms with Crippen LogP contribution in [-0.2, 0) is 23.7 Å². The zero-order chi connectivity index (χ0) is 23.4. The summed E-state index contributed by atoms with van der Waals surface area (Å²) in [7, 11) is 2.95. The van der Waals surface area contributed by atoms with Gasteiger partial charge in [0.15, 0.2) is 0 Å². The molecule has 0 radical (unpaired) electrons. The molecule has 170 valence electrons. The van der Waals surface area contributed by atoms with Gasteiger partial charge in [-0.25, -0.2) is 4.79 Å². The molecule has 0 saturated carbocycles. The molecule has 9 nitrogen and oxygen atoms in total. The van der Waals surface area contributed by atoms with Crippen LogP contribution < -0.4 is 16.6 Å². The summed E-state index contributed by atoms with van der Waals surface area (Å²) in [6, 6.07) is 5.89. The average molecular weight is 440 g/mol. The molecule has 0 spiro atoms. The largest absolute Gasteiger partial charge is 0.337 e. The van der Waals surface area contributed by atoms with Crippen LogP contribution in [0.4, 0.5) is 5.69 Å². The van der Waals surface area contributed by atoms with Crippen LogP contribution >= 0.6 is 0 Å². The number of nitrogens with one attached hydrogen (secondary N) is 1. The van der Waals surface area contributed by atoms with Crippen molar-refractivity contribution in [1.29, 1.82) is 0 Å². The van der Waals surface area contributed by atoms with Crippen LogP contribution in [-0.4, -0.2) is 63.5 Å². The van der Waals surface area contributed by atoms with E-state index in [1.54, 1.807) is 11.9 Å². The molecule has 0 aliphatic carbocycles. The van der Waals surface area contributed by atoms with Gasteiger partial charge in [-0.15, -0.1) is 0 Å². The topological polar surface area (TPSA) is 96.7 Å². The van der Waals surface area contributed by atoms with Gasteiger partial charge in [0.2, 0.25) is 11.8 Å². The van der Waals surface area contributed by atoms with Crippen LogP contribution in [0, 0.1) is 13.8 Å². The molecule has 1 aliphatic heterocycles. The second-order valence-electron chi connectivity index (χ2n) is 8.09. The number of aromatic nitrogens is 2. The molecule has 0 unspecified atom stereocenters. The summed E-state index contributed by atoms with van der Waals surface area (Å²) in [6.07, 6.45) is 4.21. The molecule has 1 aromatic heterocycles. The lowest BCUT2D eigenvalue weighted by Gasteiger charge is -2.33. The van der Waals surface area contributed by atoms with Crippen molar-refractivity contribution in [3.8, 4) is 0 Å². The molecule has 2 amide bonds. The number of amides is 2. The lowest BCUT2D eigenvalue weighted by Crippen LogP contribution is -2.50. The molecule has 1 aromatic carbocycles. The molecule has 9 heteroatoms. The van der Waals surface area contributed by atoms with Crippen molar-refractivity contribution >= 4 is 23.6 Å². The van der Waals surface area contributed by atoms with Gasteiger partial charge in [0, 0.05) is 58.2 Å². The van der Waals surface area contributed by atoms with E-state index in [4.69, 9.17) is 0 Å². The van der Waals surface area contributed by atoms with E-state index < -0.39 is 11.2 Å². The Morgan fingerprint density at radius 1 is 1.03 bits per heavy atom. The molecule has 1 N–H and O–H groups in total. The van der Waals surface area contributed by atoms with Crippen LogP contribution in [0.15, 0.2) is 40.1 Å². The minimum absolute atomic E-state index is 0.0763. The summed E-state index contributed by atoms with van der Waals surface area (Å²) in [5.41, 5.74) is 2.29. The summed E-state index contributed by atoms with van der Waals surface area (Å²) in [5, 5.41) is 2.99. The lowest BCUT2D eigenvalue weighted by atomic mass is 10.1. The number of hydrogen-bond donors (Lipinski definition) is 1. The number of carbonyl (C=O) groups is 2. The lowest BCUT2D eigenvalue weighted by molar-refractivity contribution is -0.127. The quantitative estimate of drug-likeness (QED) is 0.685. The number of nitrogens with zero attached hydrogens (tertiary/aromatic N) is 4. The average Bonchev–Trinajstić information content (AvgIpc) is 2.77. The van der Waals surface area contributed by atoms with Crippen LogP contribution in [0.1, 0.15) is 16.7 Å². The Labute approximate surface area is 186 Å². The number of rotatable bonds is 5. The molecular formula is C23H29N5O4. The Bertz CT molecular complexity index is 1150. The van der Waals surface area contributed by atoms with E-state index in [-0.39, 0.29) is 23.9 Å². The normalized spacial score (nSPS) is 14.7. The predicted octanol–water partition coefficient (Wildman–Crippen LogP) is 0.497. The van der Waals surface area contributed by atoms with Gasteiger partial charge in [0.05, 0.1) is 12.1 Å². The van der Waals surface area contributed by atoms with Gasteiger partial charge in [-0.05, 0) is 31.1 Å². The summed E-state index contributed by atoms with van der Waals surface area (Å²) >= 11 is 0. The highest BCUT2D eigenvalue weighted by atomic mass is 16.2. The van der Waals surface area contributed by atoms with Crippen molar-refractivity contribution in [2.75, 3.05) is 38.0 Å². The number of piperazine rings is 1. The van der Waals surface area contributed by atoms with Crippen LogP contribution in [0.5, 0.6) is 0 Å². The van der Waals surface area contributed by atoms with E-state index in [1.165, 1.54) is 30.0 Å². The molecular weight excluding hydrogens is 410 g/mol. The van der Waals surface area contributed by atoms with E-state index in [0.717, 1.165) is 21.4 Å². The number of para-hydroxylation sites is 1. The van der Waals surface area contributed by atoms with Crippen molar-refractivity contribution < 1.29 is 9.59 Å². The minimum atomic E-state index is -0.447. The molecule has 1 saturated heterocycles. The molecule has 0 bridgehead atoms. The molecule has 2 aromatic rings. The Balaban J connectivity index is 1.54. The monoisotopic (exact) mass is 439 g/mol. The zero-order valence-corrected chi connectivity index (χ0v) is 18.9. The molecule has 1 fully saturated rings. The number of hydrogen-bond acceptors (Lipinski definition) is 5.